The minimum absolute atomic E-state index is 1.38. The van der Waals surface area contributed by atoms with E-state index in [1.165, 1.54) is 0 Å². The third-order valence-corrected chi connectivity index (χ3v) is 8.14. The third-order valence-electron chi connectivity index (χ3n) is 1.37. The van der Waals surface area contributed by atoms with Gasteiger partial charge < -0.3 is 4.34 Å². The quantitative estimate of drug-likeness (QED) is 0.414. The first-order chi connectivity index (χ1) is 4.69. The van der Waals surface area contributed by atoms with Crippen molar-refractivity contribution >= 4 is 16.5 Å². The molecule has 0 bridgehead atoms. The van der Waals surface area contributed by atoms with Crippen molar-refractivity contribution < 1.29 is 0 Å². The van der Waals surface area contributed by atoms with Gasteiger partial charge in [0.05, 0.1) is 0 Å². The molecule has 3 nitrogen and oxygen atoms in total. The van der Waals surface area contributed by atoms with E-state index in [-0.39, 0.29) is 0 Å². The third kappa shape index (κ3) is 3.15. The first kappa shape index (κ1) is 10.8. The van der Waals surface area contributed by atoms with Crippen LogP contribution in [0.1, 0.15) is 0 Å². The summed E-state index contributed by atoms with van der Waals surface area (Å²) in [7, 11) is -2.76. The van der Waals surface area contributed by atoms with Gasteiger partial charge in [0.25, 0.3) is 0 Å². The molecule has 0 radical (unpaired) electrons. The summed E-state index contributed by atoms with van der Waals surface area (Å²) < 4.78 is 2.07. The Morgan fingerprint density at radius 1 is 0.909 bits per heavy atom. The molecule has 0 atom stereocenters. The van der Waals surface area contributed by atoms with Crippen molar-refractivity contribution in [1.82, 2.24) is 4.34 Å². The zero-order valence-corrected chi connectivity index (χ0v) is 10.4. The van der Waals surface area contributed by atoms with E-state index >= 15 is 0 Å². The highest BCUT2D eigenvalue weighted by atomic mass is 28.4. The molecular formula is C6H19N3Si2. The Morgan fingerprint density at radius 3 is 1.18 bits per heavy atom. The topological polar surface area (TPSA) is 39.5 Å². The lowest BCUT2D eigenvalue weighted by atomic mass is 11.8. The summed E-state index contributed by atoms with van der Waals surface area (Å²) in [5, 5.41) is 3.64. The van der Waals surface area contributed by atoms with Gasteiger partial charge in [-0.2, -0.15) is 5.53 Å². The van der Waals surface area contributed by atoms with Crippen LogP contribution in [0.2, 0.25) is 39.3 Å². The van der Waals surface area contributed by atoms with Gasteiger partial charge in [0.15, 0.2) is 16.5 Å². The molecule has 11 heavy (non-hydrogen) atoms. The summed E-state index contributed by atoms with van der Waals surface area (Å²) in [4.78, 5) is 0. The molecule has 0 saturated carbocycles. The van der Waals surface area contributed by atoms with Crippen LogP contribution >= 0.6 is 0 Å². The second-order valence-electron chi connectivity index (χ2n) is 4.75. The summed E-state index contributed by atoms with van der Waals surface area (Å²) >= 11 is 0. The predicted molar refractivity (Wildman–Crippen MR) is 53.7 cm³/mol. The molecule has 0 spiro atoms. The van der Waals surface area contributed by atoms with E-state index in [1.54, 1.807) is 0 Å². The molecule has 1 N–H and O–H groups in total. The Kier molecular flexibility index (Phi) is 3.01. The van der Waals surface area contributed by atoms with E-state index in [2.05, 4.69) is 48.8 Å². The van der Waals surface area contributed by atoms with E-state index in [9.17, 15) is 0 Å². The molecule has 0 aliphatic carbocycles. The Morgan fingerprint density at radius 2 is 1.18 bits per heavy atom. The van der Waals surface area contributed by atoms with Gasteiger partial charge in [-0.1, -0.05) is 44.5 Å². The van der Waals surface area contributed by atoms with Gasteiger partial charge in [0.1, 0.15) is 0 Å². The fourth-order valence-corrected chi connectivity index (χ4v) is 9.96. The number of rotatable bonds is 3. The maximum Gasteiger partial charge on any atom is 0.160 e. The monoisotopic (exact) mass is 189 g/mol. The average molecular weight is 189 g/mol. The predicted octanol–water partition coefficient (Wildman–Crippen LogP) is 2.90. The molecule has 0 aliphatic rings. The molecule has 0 aliphatic heterocycles. The summed E-state index contributed by atoms with van der Waals surface area (Å²) in [5.74, 6) is 0. The summed E-state index contributed by atoms with van der Waals surface area (Å²) in [6.45, 7) is 13.4. The van der Waals surface area contributed by atoms with Gasteiger partial charge in [-0.05, 0) is 0 Å². The molecule has 0 aromatic heterocycles. The van der Waals surface area contributed by atoms with Crippen molar-refractivity contribution in [2.75, 3.05) is 0 Å². The lowest BCUT2D eigenvalue weighted by molar-refractivity contribution is 0.594. The highest BCUT2D eigenvalue weighted by molar-refractivity contribution is 6.89. The molecule has 0 amide bonds. The maximum absolute atomic E-state index is 7.09. The van der Waals surface area contributed by atoms with Crippen LogP contribution in [0.4, 0.5) is 0 Å². The van der Waals surface area contributed by atoms with E-state index in [0.29, 0.717) is 0 Å². The number of hydrogen-bond donors (Lipinski definition) is 1. The normalized spacial score (nSPS) is 12.9. The lowest BCUT2D eigenvalue weighted by Crippen LogP contribution is -2.55. The molecule has 0 aromatic carbocycles. The largest absolute Gasteiger partial charge is 0.333 e. The maximum atomic E-state index is 7.09. The molecule has 0 saturated heterocycles. The minimum Gasteiger partial charge on any atom is -0.333 e. The van der Waals surface area contributed by atoms with Gasteiger partial charge in [-0.15, -0.1) is 0 Å². The van der Waals surface area contributed by atoms with Gasteiger partial charge in [-0.25, -0.2) is 0 Å². The zero-order chi connectivity index (χ0) is 9.28. The lowest BCUT2D eigenvalue weighted by Gasteiger charge is -2.39. The van der Waals surface area contributed by atoms with E-state index in [0.717, 1.165) is 0 Å². The fourth-order valence-electron chi connectivity index (χ4n) is 1.31. The SMILES string of the molecule is C[Si](C)(C)N(N=N)[Si](C)(C)C. The van der Waals surface area contributed by atoms with Crippen LogP contribution in [0, 0.1) is 5.53 Å². The van der Waals surface area contributed by atoms with E-state index < -0.39 is 16.5 Å². The first-order valence-electron chi connectivity index (χ1n) is 3.87. The highest BCUT2D eigenvalue weighted by Gasteiger charge is 2.33. The number of nitrogens with zero attached hydrogens (tertiary/aromatic N) is 2. The van der Waals surface area contributed by atoms with Crippen molar-refractivity contribution in [3.05, 3.63) is 0 Å². The Hall–Kier alpha value is -0.166. The van der Waals surface area contributed by atoms with Gasteiger partial charge in [0.2, 0.25) is 0 Å². The molecule has 0 aromatic rings. The van der Waals surface area contributed by atoms with Crippen molar-refractivity contribution in [2.24, 2.45) is 5.22 Å². The number of nitrogens with one attached hydrogen (secondary N) is 1. The first-order valence-corrected chi connectivity index (χ1v) is 10.8. The van der Waals surface area contributed by atoms with Crippen molar-refractivity contribution in [3.8, 4) is 0 Å². The second-order valence-corrected chi connectivity index (χ2v) is 14.7. The fraction of sp³-hybridized carbons (Fsp3) is 1.00. The Bertz CT molecular complexity index is 131. The summed E-state index contributed by atoms with van der Waals surface area (Å²) in [5.41, 5.74) is 7.09. The van der Waals surface area contributed by atoms with Crippen molar-refractivity contribution in [3.63, 3.8) is 0 Å². The molecular weight excluding hydrogens is 170 g/mol. The molecule has 5 heteroatoms. The van der Waals surface area contributed by atoms with Crippen LogP contribution in [0.25, 0.3) is 0 Å². The van der Waals surface area contributed by atoms with Crippen LogP contribution in [0.3, 0.4) is 0 Å². The van der Waals surface area contributed by atoms with Crippen LogP contribution in [0.15, 0.2) is 5.22 Å². The van der Waals surface area contributed by atoms with Crippen molar-refractivity contribution in [1.29, 1.82) is 5.53 Å². The van der Waals surface area contributed by atoms with Gasteiger partial charge >= 0.3 is 0 Å². The Balaban J connectivity index is 4.56. The molecule has 0 rings (SSSR count). The molecule has 0 unspecified atom stereocenters. The number of hydrogen-bond acceptors (Lipinski definition) is 2. The second kappa shape index (κ2) is 3.06. The van der Waals surface area contributed by atoms with Crippen LogP contribution in [-0.2, 0) is 0 Å². The zero-order valence-electron chi connectivity index (χ0n) is 8.39. The van der Waals surface area contributed by atoms with E-state index in [1.807, 2.05) is 0 Å². The molecule has 0 heterocycles. The average Bonchev–Trinajstić information content (AvgIpc) is 1.56. The Labute approximate surface area is 71.5 Å². The summed E-state index contributed by atoms with van der Waals surface area (Å²) in [6.07, 6.45) is 0. The van der Waals surface area contributed by atoms with E-state index in [4.69, 9.17) is 5.53 Å². The van der Waals surface area contributed by atoms with Crippen molar-refractivity contribution in [2.45, 2.75) is 39.3 Å². The molecule has 0 fully saturated rings. The standard InChI is InChI=1S/C6H19N3Si2/c1-10(2,3)9(8-7)11(4,5)6/h7H,1-6H3. The summed E-state index contributed by atoms with van der Waals surface area (Å²) in [6, 6.07) is 0. The van der Waals surface area contributed by atoms with Crippen LogP contribution < -0.4 is 0 Å². The van der Waals surface area contributed by atoms with Gasteiger partial charge in [-0.3, -0.25) is 0 Å². The molecule has 66 valence electrons. The van der Waals surface area contributed by atoms with Gasteiger partial charge in [0, 0.05) is 0 Å². The van der Waals surface area contributed by atoms with Crippen LogP contribution in [-0.4, -0.2) is 20.8 Å². The van der Waals surface area contributed by atoms with Crippen LogP contribution in [0.5, 0.6) is 0 Å². The smallest absolute Gasteiger partial charge is 0.160 e. The minimum atomic E-state index is -1.38. The highest BCUT2D eigenvalue weighted by Crippen LogP contribution is 2.19.